The molecular formula is C28H21Cl2N3O3. The van der Waals surface area contributed by atoms with E-state index in [0.29, 0.717) is 28.4 Å². The summed E-state index contributed by atoms with van der Waals surface area (Å²) in [7, 11) is 0. The molecule has 0 spiro atoms. The van der Waals surface area contributed by atoms with Crippen LogP contribution in [0.2, 0.25) is 10.0 Å². The van der Waals surface area contributed by atoms with Gasteiger partial charge in [-0.25, -0.2) is 0 Å². The largest absolute Gasteiger partial charge is 0.390 e. The smallest absolute Gasteiger partial charge is 0.260 e. The highest BCUT2D eigenvalue weighted by molar-refractivity contribution is 6.35. The number of carbonyl (C=O) groups is 2. The summed E-state index contributed by atoms with van der Waals surface area (Å²) in [5.41, 5.74) is 9.35. The summed E-state index contributed by atoms with van der Waals surface area (Å²) in [5.74, 6) is -1.09. The molecule has 0 unspecified atom stereocenters. The minimum Gasteiger partial charge on any atom is -0.390 e. The molecule has 2 amide bonds. The lowest BCUT2D eigenvalue weighted by Gasteiger charge is -2.33. The summed E-state index contributed by atoms with van der Waals surface area (Å²) in [6.45, 7) is 0. The van der Waals surface area contributed by atoms with Crippen molar-refractivity contribution in [3.63, 3.8) is 0 Å². The summed E-state index contributed by atoms with van der Waals surface area (Å²) in [5, 5.41) is 11.7. The van der Waals surface area contributed by atoms with E-state index in [-0.39, 0.29) is 16.1 Å². The van der Waals surface area contributed by atoms with Crippen molar-refractivity contribution in [3.05, 3.63) is 117 Å². The third-order valence-corrected chi connectivity index (χ3v) is 6.96. The molecule has 1 aliphatic carbocycles. The van der Waals surface area contributed by atoms with Gasteiger partial charge in [0.2, 0.25) is 5.91 Å². The second-order valence-electron chi connectivity index (χ2n) is 8.53. The van der Waals surface area contributed by atoms with E-state index in [0.717, 1.165) is 11.1 Å². The van der Waals surface area contributed by atoms with Crippen LogP contribution in [-0.4, -0.2) is 28.0 Å². The lowest BCUT2D eigenvalue weighted by molar-refractivity contribution is 0.0924. The molecule has 1 heterocycles. The zero-order valence-corrected chi connectivity index (χ0v) is 20.4. The number of benzene rings is 3. The van der Waals surface area contributed by atoms with Gasteiger partial charge in [-0.05, 0) is 59.7 Å². The van der Waals surface area contributed by atoms with Gasteiger partial charge < -0.3 is 10.8 Å². The van der Waals surface area contributed by atoms with Crippen LogP contribution in [0.3, 0.4) is 0 Å². The fourth-order valence-electron chi connectivity index (χ4n) is 4.62. The van der Waals surface area contributed by atoms with E-state index in [1.54, 1.807) is 30.5 Å². The number of rotatable bonds is 5. The molecule has 0 aliphatic heterocycles. The van der Waals surface area contributed by atoms with Crippen LogP contribution in [0.1, 0.15) is 37.9 Å². The van der Waals surface area contributed by atoms with Crippen molar-refractivity contribution in [3.8, 4) is 11.3 Å². The topological polar surface area (TPSA) is 96.5 Å². The predicted octanol–water partition coefficient (Wildman–Crippen LogP) is 5.46. The molecule has 0 fully saturated rings. The number of aromatic nitrogens is 1. The summed E-state index contributed by atoms with van der Waals surface area (Å²) < 4.78 is 0. The van der Waals surface area contributed by atoms with Crippen molar-refractivity contribution in [2.45, 2.75) is 18.6 Å². The fourth-order valence-corrected chi connectivity index (χ4v) is 5.10. The first-order valence-electron chi connectivity index (χ1n) is 11.2. The average Bonchev–Trinajstić information content (AvgIpc) is 3.21. The molecule has 0 saturated heterocycles. The molecule has 3 aromatic carbocycles. The van der Waals surface area contributed by atoms with Crippen molar-refractivity contribution >= 4 is 40.7 Å². The number of aliphatic hydroxyl groups excluding tert-OH is 1. The van der Waals surface area contributed by atoms with Crippen molar-refractivity contribution in [2.24, 2.45) is 5.73 Å². The highest BCUT2D eigenvalue weighted by Crippen LogP contribution is 2.42. The Morgan fingerprint density at radius 3 is 2.44 bits per heavy atom. The Morgan fingerprint density at radius 1 is 0.944 bits per heavy atom. The van der Waals surface area contributed by atoms with E-state index in [1.165, 1.54) is 23.1 Å². The average molecular weight is 518 g/mol. The van der Waals surface area contributed by atoms with E-state index in [1.807, 2.05) is 36.4 Å². The number of hydrogen-bond donors (Lipinski definition) is 2. The molecule has 36 heavy (non-hydrogen) atoms. The first kappa shape index (κ1) is 24.0. The summed E-state index contributed by atoms with van der Waals surface area (Å²) in [4.78, 5) is 31.6. The maximum absolute atomic E-state index is 14.1. The Hall–Kier alpha value is -3.71. The number of nitrogens with zero attached hydrogens (tertiary/aromatic N) is 2. The van der Waals surface area contributed by atoms with Crippen molar-refractivity contribution in [1.82, 2.24) is 4.98 Å². The number of pyridine rings is 1. The minimum absolute atomic E-state index is 0.0842. The third kappa shape index (κ3) is 4.35. The summed E-state index contributed by atoms with van der Waals surface area (Å²) in [6, 6.07) is 22.0. The van der Waals surface area contributed by atoms with Crippen LogP contribution in [0.5, 0.6) is 0 Å². The van der Waals surface area contributed by atoms with Crippen molar-refractivity contribution in [2.75, 3.05) is 4.90 Å². The van der Waals surface area contributed by atoms with Crippen LogP contribution in [0.15, 0.2) is 85.1 Å². The summed E-state index contributed by atoms with van der Waals surface area (Å²) in [6.07, 6.45) is 1.22. The van der Waals surface area contributed by atoms with Crippen molar-refractivity contribution < 1.29 is 14.7 Å². The minimum atomic E-state index is -0.844. The van der Waals surface area contributed by atoms with Gasteiger partial charge in [-0.3, -0.25) is 19.5 Å². The Morgan fingerprint density at radius 2 is 1.72 bits per heavy atom. The molecule has 6 nitrogen and oxygen atoms in total. The van der Waals surface area contributed by atoms with Crippen LogP contribution >= 0.6 is 23.2 Å². The molecule has 5 rings (SSSR count). The van der Waals surface area contributed by atoms with E-state index in [4.69, 9.17) is 28.9 Å². The SMILES string of the molecule is NC(=O)c1ccc(C(=O)N(c2ccc(Cl)c(-c3ccccn3)c2)[C@H]2c3ccccc3C[C@H]2O)c(Cl)c1. The van der Waals surface area contributed by atoms with Crippen LogP contribution in [0.4, 0.5) is 5.69 Å². The molecule has 8 heteroatoms. The highest BCUT2D eigenvalue weighted by atomic mass is 35.5. The standard InChI is InChI=1S/C28H21Cl2N3O3/c29-22-11-9-18(15-21(22)24-7-3-4-12-32-24)33(26-19-6-2-1-5-16(19)14-25(26)34)28(36)20-10-8-17(27(31)35)13-23(20)30/h1-13,15,25-26,34H,14H2,(H2,31,35)/t25-,26+/m1/s1. The fraction of sp³-hybridized carbons (Fsp3) is 0.107. The summed E-state index contributed by atoms with van der Waals surface area (Å²) >= 11 is 13.0. The van der Waals surface area contributed by atoms with E-state index < -0.39 is 24.0 Å². The second kappa shape index (κ2) is 9.74. The van der Waals surface area contributed by atoms with Gasteiger partial charge in [-0.2, -0.15) is 0 Å². The Bertz CT molecular complexity index is 1480. The zero-order chi connectivity index (χ0) is 25.4. The van der Waals surface area contributed by atoms with Gasteiger partial charge in [0.1, 0.15) is 0 Å². The molecule has 1 aliphatic rings. The Labute approximate surface area is 217 Å². The number of carbonyl (C=O) groups excluding carboxylic acids is 2. The maximum Gasteiger partial charge on any atom is 0.260 e. The number of fused-ring (bicyclic) bond motifs is 1. The van der Waals surface area contributed by atoms with Crippen LogP contribution in [0.25, 0.3) is 11.3 Å². The number of aliphatic hydroxyl groups is 1. The predicted molar refractivity (Wildman–Crippen MR) is 140 cm³/mol. The number of amides is 2. The highest BCUT2D eigenvalue weighted by Gasteiger charge is 2.39. The lowest BCUT2D eigenvalue weighted by Crippen LogP contribution is -2.39. The number of halogens is 2. The number of primary amides is 1. The van der Waals surface area contributed by atoms with Crippen molar-refractivity contribution in [1.29, 1.82) is 0 Å². The first-order valence-corrected chi connectivity index (χ1v) is 12.0. The molecule has 0 saturated carbocycles. The maximum atomic E-state index is 14.1. The monoisotopic (exact) mass is 517 g/mol. The van der Waals surface area contributed by atoms with Gasteiger partial charge in [0, 0.05) is 29.4 Å². The van der Waals surface area contributed by atoms with E-state index in [2.05, 4.69) is 4.98 Å². The van der Waals surface area contributed by atoms with Crippen LogP contribution in [-0.2, 0) is 6.42 Å². The molecule has 2 atom stereocenters. The molecular weight excluding hydrogens is 497 g/mol. The normalized spacial score (nSPS) is 16.4. The van der Waals surface area contributed by atoms with E-state index >= 15 is 0 Å². The molecule has 0 radical (unpaired) electrons. The lowest BCUT2D eigenvalue weighted by atomic mass is 10.0. The van der Waals surface area contributed by atoms with Crippen LogP contribution in [0, 0.1) is 0 Å². The van der Waals surface area contributed by atoms with Gasteiger partial charge in [0.05, 0.1) is 33.4 Å². The first-order chi connectivity index (χ1) is 17.3. The van der Waals surface area contributed by atoms with E-state index in [9.17, 15) is 14.7 Å². The molecule has 180 valence electrons. The zero-order valence-electron chi connectivity index (χ0n) is 18.9. The molecule has 0 bridgehead atoms. The molecule has 3 N–H and O–H groups in total. The Kier molecular flexibility index (Phi) is 6.49. The van der Waals surface area contributed by atoms with Gasteiger partial charge >= 0.3 is 0 Å². The van der Waals surface area contributed by atoms with Gasteiger partial charge in [-0.15, -0.1) is 0 Å². The third-order valence-electron chi connectivity index (χ3n) is 6.32. The van der Waals surface area contributed by atoms with Crippen LogP contribution < -0.4 is 10.6 Å². The Balaban J connectivity index is 1.68. The second-order valence-corrected chi connectivity index (χ2v) is 9.34. The number of hydrogen-bond acceptors (Lipinski definition) is 4. The number of anilines is 1. The molecule has 1 aromatic heterocycles. The van der Waals surface area contributed by atoms with Gasteiger partial charge in [-0.1, -0.05) is 53.5 Å². The van der Waals surface area contributed by atoms with Gasteiger partial charge in [0.15, 0.2) is 0 Å². The quantitative estimate of drug-likeness (QED) is 0.367. The molecule has 4 aromatic rings. The van der Waals surface area contributed by atoms with Gasteiger partial charge in [0.25, 0.3) is 5.91 Å². The number of nitrogens with two attached hydrogens (primary N) is 1.